The fourth-order valence-electron chi connectivity index (χ4n) is 2.42. The van der Waals surface area contributed by atoms with Crippen LogP contribution in [-0.4, -0.2) is 47.3 Å². The Bertz CT molecular complexity index is 555. The van der Waals surface area contributed by atoms with E-state index in [4.69, 9.17) is 16.2 Å². The molecule has 7 heteroatoms. The van der Waals surface area contributed by atoms with Crippen molar-refractivity contribution in [3.8, 4) is 0 Å². The molecule has 7 nitrogen and oxygen atoms in total. The number of nitrogens with two attached hydrogens (primary N) is 2. The van der Waals surface area contributed by atoms with Gasteiger partial charge in [-0.25, -0.2) is 9.78 Å². The first kappa shape index (κ1) is 16.2. The van der Waals surface area contributed by atoms with Gasteiger partial charge in [0.2, 0.25) is 0 Å². The molecule has 0 bridgehead atoms. The summed E-state index contributed by atoms with van der Waals surface area (Å²) in [5.41, 5.74) is 12.1. The van der Waals surface area contributed by atoms with Crippen molar-refractivity contribution in [2.45, 2.75) is 39.3 Å². The van der Waals surface area contributed by atoms with E-state index in [1.54, 1.807) is 17.2 Å². The van der Waals surface area contributed by atoms with Crippen LogP contribution < -0.4 is 16.4 Å². The number of nitrogens with zero attached hydrogens (tertiary/aromatic N) is 3. The van der Waals surface area contributed by atoms with Crippen molar-refractivity contribution in [2.24, 2.45) is 0 Å². The molecule has 1 fully saturated rings. The van der Waals surface area contributed by atoms with Gasteiger partial charge in [0, 0.05) is 31.7 Å². The number of ether oxygens (including phenoxy) is 1. The van der Waals surface area contributed by atoms with Crippen LogP contribution in [0.2, 0.25) is 0 Å². The Kier molecular flexibility index (Phi) is 4.35. The highest BCUT2D eigenvalue weighted by atomic mass is 16.6. The average Bonchev–Trinajstić information content (AvgIpc) is 2.40. The quantitative estimate of drug-likeness (QED) is 0.819. The highest BCUT2D eigenvalue weighted by molar-refractivity contribution is 5.69. The first-order valence-corrected chi connectivity index (χ1v) is 7.43. The molecule has 1 saturated heterocycles. The molecule has 0 spiro atoms. The maximum absolute atomic E-state index is 12.1. The van der Waals surface area contributed by atoms with Crippen molar-refractivity contribution in [1.82, 2.24) is 9.88 Å². The number of anilines is 3. The molecule has 1 amide bonds. The minimum atomic E-state index is -0.482. The Labute approximate surface area is 131 Å². The number of amides is 1. The van der Waals surface area contributed by atoms with Crippen LogP contribution >= 0.6 is 0 Å². The van der Waals surface area contributed by atoms with Crippen molar-refractivity contribution in [3.63, 3.8) is 0 Å². The molecule has 1 aromatic rings. The third-order valence-corrected chi connectivity index (χ3v) is 3.53. The Hall–Kier alpha value is -2.18. The topological polar surface area (TPSA) is 97.7 Å². The fraction of sp³-hybridized carbons (Fsp3) is 0.600. The third kappa shape index (κ3) is 3.72. The van der Waals surface area contributed by atoms with Crippen LogP contribution in [0.15, 0.2) is 12.3 Å². The number of nitrogen functional groups attached to an aromatic ring is 2. The van der Waals surface area contributed by atoms with Crippen LogP contribution in [0, 0.1) is 0 Å². The minimum absolute atomic E-state index is 0.122. The predicted molar refractivity (Wildman–Crippen MR) is 87.7 cm³/mol. The number of pyridine rings is 1. The summed E-state index contributed by atoms with van der Waals surface area (Å²) in [4.78, 5) is 20.3. The number of carbonyl (C=O) groups is 1. The van der Waals surface area contributed by atoms with Gasteiger partial charge in [0.15, 0.2) is 0 Å². The van der Waals surface area contributed by atoms with E-state index < -0.39 is 5.60 Å². The molecule has 4 N–H and O–H groups in total. The molecule has 1 aromatic heterocycles. The van der Waals surface area contributed by atoms with Gasteiger partial charge >= 0.3 is 6.09 Å². The molecule has 0 aromatic carbocycles. The molecule has 1 atom stereocenters. The summed E-state index contributed by atoms with van der Waals surface area (Å²) in [6.07, 6.45) is 1.29. The minimum Gasteiger partial charge on any atom is -0.444 e. The predicted octanol–water partition coefficient (Wildman–Crippen LogP) is 1.69. The molecule has 1 unspecified atom stereocenters. The first-order valence-electron chi connectivity index (χ1n) is 7.43. The zero-order valence-corrected chi connectivity index (χ0v) is 13.7. The second kappa shape index (κ2) is 5.90. The maximum Gasteiger partial charge on any atom is 0.410 e. The van der Waals surface area contributed by atoms with Crippen molar-refractivity contribution in [2.75, 3.05) is 36.0 Å². The average molecular weight is 307 g/mol. The number of hydrogen-bond acceptors (Lipinski definition) is 6. The van der Waals surface area contributed by atoms with Crippen LogP contribution in [0.4, 0.5) is 22.0 Å². The molecule has 122 valence electrons. The number of carbonyl (C=O) groups excluding carboxylic acids is 1. The monoisotopic (exact) mass is 307 g/mol. The van der Waals surface area contributed by atoms with E-state index in [2.05, 4.69) is 9.88 Å². The van der Waals surface area contributed by atoms with Crippen molar-refractivity contribution in [3.05, 3.63) is 12.3 Å². The summed E-state index contributed by atoms with van der Waals surface area (Å²) in [6.45, 7) is 9.50. The van der Waals surface area contributed by atoms with Gasteiger partial charge in [-0.15, -0.1) is 0 Å². The molecule has 22 heavy (non-hydrogen) atoms. The van der Waals surface area contributed by atoms with Crippen LogP contribution in [0.25, 0.3) is 0 Å². The lowest BCUT2D eigenvalue weighted by molar-refractivity contribution is 0.0218. The maximum atomic E-state index is 12.1. The largest absolute Gasteiger partial charge is 0.444 e. The normalized spacial score (nSPS) is 19.2. The standard InChI is InChI=1S/C15H25N5O2/c1-10-9-19(14(21)22-15(2,3)4)5-6-20(10)13-7-11(16)12(17)8-18-13/h7-8,10H,5-6,9,17H2,1-4H3,(H2,16,18). The molecular weight excluding hydrogens is 282 g/mol. The zero-order chi connectivity index (χ0) is 16.5. The summed E-state index contributed by atoms with van der Waals surface area (Å²) < 4.78 is 5.42. The summed E-state index contributed by atoms with van der Waals surface area (Å²) >= 11 is 0. The van der Waals surface area contributed by atoms with Gasteiger partial charge in [0.1, 0.15) is 11.4 Å². The lowest BCUT2D eigenvalue weighted by atomic mass is 10.2. The number of hydrogen-bond donors (Lipinski definition) is 2. The van der Waals surface area contributed by atoms with Crippen molar-refractivity contribution in [1.29, 1.82) is 0 Å². The smallest absolute Gasteiger partial charge is 0.410 e. The Balaban J connectivity index is 2.03. The van der Waals surface area contributed by atoms with Crippen molar-refractivity contribution < 1.29 is 9.53 Å². The molecule has 1 aliphatic rings. The highest BCUT2D eigenvalue weighted by Crippen LogP contribution is 2.24. The zero-order valence-electron chi connectivity index (χ0n) is 13.7. The van der Waals surface area contributed by atoms with E-state index in [0.29, 0.717) is 31.0 Å². The lowest BCUT2D eigenvalue weighted by Gasteiger charge is -2.40. The summed E-state index contributed by atoms with van der Waals surface area (Å²) in [7, 11) is 0. The second-order valence-corrected chi connectivity index (χ2v) is 6.64. The van der Waals surface area contributed by atoms with E-state index in [1.165, 1.54) is 0 Å². The van der Waals surface area contributed by atoms with Crippen LogP contribution in [0.3, 0.4) is 0 Å². The lowest BCUT2D eigenvalue weighted by Crippen LogP contribution is -2.54. The van der Waals surface area contributed by atoms with Gasteiger partial charge < -0.3 is 26.0 Å². The van der Waals surface area contributed by atoms with Gasteiger partial charge in [-0.1, -0.05) is 0 Å². The van der Waals surface area contributed by atoms with Crippen LogP contribution in [0.5, 0.6) is 0 Å². The Morgan fingerprint density at radius 2 is 2.00 bits per heavy atom. The molecule has 0 saturated carbocycles. The Morgan fingerprint density at radius 3 is 2.55 bits per heavy atom. The molecule has 0 radical (unpaired) electrons. The fourth-order valence-corrected chi connectivity index (χ4v) is 2.42. The van der Waals surface area contributed by atoms with Gasteiger partial charge in [-0.2, -0.15) is 0 Å². The van der Waals surface area contributed by atoms with Crippen LogP contribution in [-0.2, 0) is 4.74 Å². The Morgan fingerprint density at radius 1 is 1.32 bits per heavy atom. The highest BCUT2D eigenvalue weighted by Gasteiger charge is 2.30. The molecule has 0 aliphatic carbocycles. The van der Waals surface area contributed by atoms with Gasteiger partial charge in [0.05, 0.1) is 17.6 Å². The number of rotatable bonds is 1. The number of piperazine rings is 1. The van der Waals surface area contributed by atoms with E-state index in [0.717, 1.165) is 5.82 Å². The van der Waals surface area contributed by atoms with E-state index in [-0.39, 0.29) is 12.1 Å². The SMILES string of the molecule is CC1CN(C(=O)OC(C)(C)C)CCN1c1cc(N)c(N)cn1. The summed E-state index contributed by atoms with van der Waals surface area (Å²) in [5.74, 6) is 0.781. The van der Waals surface area contributed by atoms with E-state index in [1.807, 2.05) is 27.7 Å². The molecule has 2 rings (SSSR count). The summed E-state index contributed by atoms with van der Waals surface area (Å²) in [5, 5.41) is 0. The van der Waals surface area contributed by atoms with Gasteiger partial charge in [-0.3, -0.25) is 0 Å². The molecule has 1 aliphatic heterocycles. The first-order chi connectivity index (χ1) is 10.2. The van der Waals surface area contributed by atoms with Gasteiger partial charge in [-0.05, 0) is 27.7 Å². The second-order valence-electron chi connectivity index (χ2n) is 6.64. The molecular formula is C15H25N5O2. The summed E-state index contributed by atoms with van der Waals surface area (Å²) in [6, 6.07) is 1.89. The van der Waals surface area contributed by atoms with E-state index >= 15 is 0 Å². The van der Waals surface area contributed by atoms with E-state index in [9.17, 15) is 4.79 Å². The third-order valence-electron chi connectivity index (χ3n) is 3.53. The van der Waals surface area contributed by atoms with Crippen LogP contribution in [0.1, 0.15) is 27.7 Å². The van der Waals surface area contributed by atoms with Gasteiger partial charge in [0.25, 0.3) is 0 Å². The number of aromatic nitrogens is 1. The van der Waals surface area contributed by atoms with Crippen molar-refractivity contribution >= 4 is 23.3 Å². The molecule has 2 heterocycles.